The molecule has 2 aromatic rings. The van der Waals surface area contributed by atoms with Crippen molar-refractivity contribution in [3.05, 3.63) is 29.8 Å². The van der Waals surface area contributed by atoms with Crippen molar-refractivity contribution in [1.29, 1.82) is 0 Å². The summed E-state index contributed by atoms with van der Waals surface area (Å²) in [5.74, 6) is -3.49. The average Bonchev–Trinajstić information content (AvgIpc) is 2.46. The normalized spacial score (nSPS) is 12.3. The van der Waals surface area contributed by atoms with Crippen LogP contribution in [0.15, 0.2) is 18.5 Å². The predicted molar refractivity (Wildman–Crippen MR) is 45.6 cm³/mol. The summed E-state index contributed by atoms with van der Waals surface area (Å²) in [5, 5.41) is 0. The minimum absolute atomic E-state index is 0.0815. The number of nitrogens with zero attached hydrogens (tertiary/aromatic N) is 1. The highest BCUT2D eigenvalue weighted by atomic mass is 19.3. The first-order chi connectivity index (χ1) is 6.48. The van der Waals surface area contributed by atoms with E-state index in [4.69, 9.17) is 0 Å². The molecule has 0 fully saturated rings. The highest BCUT2D eigenvalue weighted by Crippen LogP contribution is 2.28. The van der Waals surface area contributed by atoms with E-state index in [1.165, 1.54) is 6.07 Å². The molecule has 0 saturated heterocycles. The number of fused-ring (bicyclic) bond motifs is 1. The van der Waals surface area contributed by atoms with Crippen molar-refractivity contribution >= 4 is 11.0 Å². The van der Waals surface area contributed by atoms with Gasteiger partial charge >= 0.3 is 0 Å². The van der Waals surface area contributed by atoms with Gasteiger partial charge in [-0.15, -0.1) is 0 Å². The summed E-state index contributed by atoms with van der Waals surface area (Å²) in [6.07, 6.45) is 2.08. The molecule has 0 aliphatic rings. The average molecular weight is 200 g/mol. The molecule has 74 valence electrons. The van der Waals surface area contributed by atoms with Crippen LogP contribution in [-0.4, -0.2) is 9.97 Å². The molecule has 1 N–H and O–H groups in total. The van der Waals surface area contributed by atoms with Crippen molar-refractivity contribution in [3.63, 3.8) is 0 Å². The number of aromatic amines is 1. The van der Waals surface area contributed by atoms with Gasteiger partial charge in [-0.05, 0) is 6.07 Å². The van der Waals surface area contributed by atoms with Gasteiger partial charge in [0.05, 0.1) is 5.52 Å². The van der Waals surface area contributed by atoms with E-state index in [1.54, 1.807) is 0 Å². The van der Waals surface area contributed by atoms with Crippen LogP contribution in [0.2, 0.25) is 0 Å². The third-order valence-corrected chi connectivity index (χ3v) is 1.98. The van der Waals surface area contributed by atoms with E-state index >= 15 is 0 Å². The molecule has 2 heterocycles. The number of pyridine rings is 1. The lowest BCUT2D eigenvalue weighted by atomic mass is 10.1. The predicted octanol–water partition coefficient (Wildman–Crippen LogP) is 2.81. The number of rotatable bonds is 1. The lowest BCUT2D eigenvalue weighted by Gasteiger charge is -2.09. The molecule has 0 atom stereocenters. The van der Waals surface area contributed by atoms with E-state index < -0.39 is 11.7 Å². The van der Waals surface area contributed by atoms with Gasteiger partial charge in [0.25, 0.3) is 5.92 Å². The Balaban J connectivity index is 2.63. The molecule has 0 amide bonds. The monoisotopic (exact) mass is 200 g/mol. The quantitative estimate of drug-likeness (QED) is 0.753. The fourth-order valence-electron chi connectivity index (χ4n) is 1.21. The molecule has 2 rings (SSSR count). The largest absolute Gasteiger partial charge is 0.357 e. The summed E-state index contributed by atoms with van der Waals surface area (Å²) in [6.45, 7) is 0.773. The first kappa shape index (κ1) is 9.05. The minimum Gasteiger partial charge on any atom is -0.357 e. The number of halogens is 3. The fraction of sp³-hybridized carbons (Fsp3) is 0.222. The molecular formula is C9H7F3N2. The Labute approximate surface area is 77.8 Å². The van der Waals surface area contributed by atoms with Crippen molar-refractivity contribution < 1.29 is 13.2 Å². The first-order valence-corrected chi connectivity index (χ1v) is 3.99. The lowest BCUT2D eigenvalue weighted by molar-refractivity contribution is 0.0173. The van der Waals surface area contributed by atoms with Crippen molar-refractivity contribution in [3.8, 4) is 0 Å². The maximum atomic E-state index is 12.9. The van der Waals surface area contributed by atoms with E-state index in [9.17, 15) is 13.2 Å². The summed E-state index contributed by atoms with van der Waals surface area (Å²) < 4.78 is 38.6. The standard InChI is InChI=1S/C9H7F3N2/c1-9(11,12)5-2-7-8(14-3-5)6(10)4-13-7/h2-4,13H,1H3. The maximum Gasteiger partial charge on any atom is 0.272 e. The van der Waals surface area contributed by atoms with E-state index in [0.29, 0.717) is 0 Å². The molecular weight excluding hydrogens is 193 g/mol. The number of aromatic nitrogens is 2. The Morgan fingerprint density at radius 2 is 2.14 bits per heavy atom. The van der Waals surface area contributed by atoms with Crippen molar-refractivity contribution in [2.24, 2.45) is 0 Å². The topological polar surface area (TPSA) is 28.7 Å². The van der Waals surface area contributed by atoms with E-state index in [-0.39, 0.29) is 16.6 Å². The van der Waals surface area contributed by atoms with Gasteiger partial charge in [0.1, 0.15) is 5.52 Å². The Kier molecular flexibility index (Phi) is 1.77. The molecule has 0 bridgehead atoms. The number of hydrogen-bond donors (Lipinski definition) is 1. The zero-order chi connectivity index (χ0) is 10.3. The van der Waals surface area contributed by atoms with Gasteiger partial charge in [0.15, 0.2) is 5.82 Å². The fourth-order valence-corrected chi connectivity index (χ4v) is 1.21. The molecule has 0 saturated carbocycles. The van der Waals surface area contributed by atoms with Crippen LogP contribution >= 0.6 is 0 Å². The van der Waals surface area contributed by atoms with Gasteiger partial charge in [-0.3, -0.25) is 4.98 Å². The van der Waals surface area contributed by atoms with Gasteiger partial charge in [-0.1, -0.05) is 0 Å². The minimum atomic E-state index is -2.96. The number of H-pyrrole nitrogens is 1. The summed E-state index contributed by atoms with van der Waals surface area (Å²) >= 11 is 0. The zero-order valence-corrected chi connectivity index (χ0v) is 7.31. The second kappa shape index (κ2) is 2.73. The van der Waals surface area contributed by atoms with E-state index in [0.717, 1.165) is 19.3 Å². The van der Waals surface area contributed by atoms with E-state index in [1.807, 2.05) is 0 Å². The summed E-state index contributed by atoms with van der Waals surface area (Å²) in [5.41, 5.74) is 0.131. The lowest BCUT2D eigenvalue weighted by Crippen LogP contribution is -2.07. The van der Waals surface area contributed by atoms with Crippen LogP contribution < -0.4 is 0 Å². The summed E-state index contributed by atoms with van der Waals surface area (Å²) in [6, 6.07) is 1.20. The zero-order valence-electron chi connectivity index (χ0n) is 7.31. The Hall–Kier alpha value is -1.52. The molecule has 2 nitrogen and oxygen atoms in total. The van der Waals surface area contributed by atoms with Gasteiger partial charge in [-0.2, -0.15) is 0 Å². The van der Waals surface area contributed by atoms with Crippen LogP contribution in [0.5, 0.6) is 0 Å². The third-order valence-electron chi connectivity index (χ3n) is 1.98. The highest BCUT2D eigenvalue weighted by Gasteiger charge is 2.25. The molecule has 0 aromatic carbocycles. The SMILES string of the molecule is CC(F)(F)c1cnc2c(F)c[nH]c2c1. The summed E-state index contributed by atoms with van der Waals surface area (Å²) in [4.78, 5) is 6.15. The van der Waals surface area contributed by atoms with Gasteiger partial charge in [-0.25, -0.2) is 13.2 Å². The molecule has 14 heavy (non-hydrogen) atoms. The first-order valence-electron chi connectivity index (χ1n) is 3.99. The van der Waals surface area contributed by atoms with Crippen molar-refractivity contribution in [2.75, 3.05) is 0 Å². The second-order valence-electron chi connectivity index (χ2n) is 3.15. The van der Waals surface area contributed by atoms with Crippen LogP contribution in [0.1, 0.15) is 12.5 Å². The maximum absolute atomic E-state index is 12.9. The molecule has 0 unspecified atom stereocenters. The molecule has 0 aliphatic carbocycles. The number of hydrogen-bond acceptors (Lipinski definition) is 1. The molecule has 0 aliphatic heterocycles. The summed E-state index contributed by atoms with van der Waals surface area (Å²) in [7, 11) is 0. The van der Waals surface area contributed by atoms with Crippen molar-refractivity contribution in [2.45, 2.75) is 12.8 Å². The smallest absolute Gasteiger partial charge is 0.272 e. The van der Waals surface area contributed by atoms with Crippen molar-refractivity contribution in [1.82, 2.24) is 9.97 Å². The van der Waals surface area contributed by atoms with Crippen LogP contribution in [-0.2, 0) is 5.92 Å². The number of nitrogens with one attached hydrogen (secondary N) is 1. The third kappa shape index (κ3) is 1.34. The molecule has 0 spiro atoms. The van der Waals surface area contributed by atoms with Crippen LogP contribution in [0.3, 0.4) is 0 Å². The molecule has 5 heteroatoms. The van der Waals surface area contributed by atoms with Gasteiger partial charge in [0.2, 0.25) is 0 Å². The Morgan fingerprint density at radius 3 is 2.79 bits per heavy atom. The molecule has 2 aromatic heterocycles. The highest BCUT2D eigenvalue weighted by molar-refractivity contribution is 5.76. The second-order valence-corrected chi connectivity index (χ2v) is 3.15. The Morgan fingerprint density at radius 1 is 1.43 bits per heavy atom. The van der Waals surface area contributed by atoms with Crippen LogP contribution in [0.4, 0.5) is 13.2 Å². The Bertz CT molecular complexity index is 470. The van der Waals surface area contributed by atoms with Crippen LogP contribution in [0.25, 0.3) is 11.0 Å². The van der Waals surface area contributed by atoms with Crippen LogP contribution in [0, 0.1) is 5.82 Å². The number of alkyl halides is 2. The molecule has 0 radical (unpaired) electrons. The van der Waals surface area contributed by atoms with Gasteiger partial charge in [0, 0.05) is 24.9 Å². The van der Waals surface area contributed by atoms with Gasteiger partial charge < -0.3 is 4.98 Å². The van der Waals surface area contributed by atoms with E-state index in [2.05, 4.69) is 9.97 Å².